The molecule has 210 valence electrons. The highest BCUT2D eigenvalue weighted by Crippen LogP contribution is 2.39. The molecule has 14 heteroatoms. The monoisotopic (exact) mass is 608 g/mol. The first kappa shape index (κ1) is 29.4. The Balaban J connectivity index is 0.000000681. The van der Waals surface area contributed by atoms with Crippen molar-refractivity contribution in [2.75, 3.05) is 12.0 Å². The number of rotatable bonds is 5. The highest BCUT2D eigenvalue weighted by molar-refractivity contribution is 7.85. The Hall–Kier alpha value is -3.58. The van der Waals surface area contributed by atoms with E-state index in [9.17, 15) is 17.2 Å². The first-order valence-electron chi connectivity index (χ1n) is 11.8. The molecule has 0 fully saturated rings. The molecule has 2 aromatic carbocycles. The first-order chi connectivity index (χ1) is 18.7. The standard InChI is InChI=1S/C25H20Cl2F2N6.CH4O3S/c1-12(2)11-35-24-19(32-25(35)30)9-8-18(31-24)22-21(14-7-6-13(28)10-17(14)29)33-23(34-22)20-15(26)4-3-5-16(20)27;1-5(2,3)4/h3-10,12H,11H2,1-2H3,(H2,30,32)(H,33,34);1H3,(H,2,3,4). The van der Waals surface area contributed by atoms with Crippen molar-refractivity contribution in [3.63, 3.8) is 0 Å². The van der Waals surface area contributed by atoms with Crippen LogP contribution in [0.2, 0.25) is 10.0 Å². The second-order valence-corrected chi connectivity index (χ2v) is 11.6. The topological polar surface area (TPSA) is 140 Å². The van der Waals surface area contributed by atoms with Gasteiger partial charge in [0.15, 0.2) is 5.65 Å². The van der Waals surface area contributed by atoms with E-state index in [0.717, 1.165) is 6.07 Å². The highest BCUT2D eigenvalue weighted by atomic mass is 35.5. The maximum Gasteiger partial charge on any atom is 0.261 e. The molecule has 0 aliphatic carbocycles. The minimum absolute atomic E-state index is 0.125. The lowest BCUT2D eigenvalue weighted by molar-refractivity contribution is 0.490. The maximum absolute atomic E-state index is 14.9. The second-order valence-electron chi connectivity index (χ2n) is 9.28. The molecule has 0 amide bonds. The third kappa shape index (κ3) is 6.58. The van der Waals surface area contributed by atoms with Crippen molar-refractivity contribution in [2.45, 2.75) is 20.4 Å². The van der Waals surface area contributed by atoms with Crippen LogP contribution in [0.1, 0.15) is 13.8 Å². The summed E-state index contributed by atoms with van der Waals surface area (Å²) in [5.41, 5.74) is 9.04. The summed E-state index contributed by atoms with van der Waals surface area (Å²) in [6, 6.07) is 11.9. The molecule has 4 N–H and O–H groups in total. The van der Waals surface area contributed by atoms with Gasteiger partial charge in [0, 0.05) is 18.2 Å². The Morgan fingerprint density at radius 1 is 1.05 bits per heavy atom. The van der Waals surface area contributed by atoms with Crippen molar-refractivity contribution in [1.82, 2.24) is 24.5 Å². The van der Waals surface area contributed by atoms with Gasteiger partial charge in [0.1, 0.15) is 28.7 Å². The van der Waals surface area contributed by atoms with E-state index in [1.807, 2.05) is 4.57 Å². The molecule has 0 radical (unpaired) electrons. The summed E-state index contributed by atoms with van der Waals surface area (Å²) in [5.74, 6) is -0.445. The van der Waals surface area contributed by atoms with Gasteiger partial charge in [-0.15, -0.1) is 0 Å². The number of aromatic nitrogens is 5. The average molecular weight is 609 g/mol. The van der Waals surface area contributed by atoms with Crippen molar-refractivity contribution in [3.05, 3.63) is 70.2 Å². The normalized spacial score (nSPS) is 11.6. The fraction of sp³-hybridized carbons (Fsp3) is 0.192. The van der Waals surface area contributed by atoms with Crippen molar-refractivity contribution < 1.29 is 21.8 Å². The lowest BCUT2D eigenvalue weighted by Crippen LogP contribution is -2.08. The number of nitrogens with zero attached hydrogens (tertiary/aromatic N) is 4. The molecule has 0 aliphatic rings. The SMILES string of the molecule is CC(C)Cn1c(N)nc2ccc(-c3nc(-c4c(Cl)cccc4Cl)[nH]c3-c3ccc(F)cc3F)nc21.CS(=O)(=O)O. The molecule has 0 bridgehead atoms. The average Bonchev–Trinajstić information content (AvgIpc) is 3.38. The number of hydrogen-bond donors (Lipinski definition) is 3. The fourth-order valence-electron chi connectivity index (χ4n) is 3.98. The van der Waals surface area contributed by atoms with Crippen molar-refractivity contribution in [2.24, 2.45) is 5.92 Å². The highest BCUT2D eigenvalue weighted by Gasteiger charge is 2.23. The molecule has 3 heterocycles. The van der Waals surface area contributed by atoms with Gasteiger partial charge in [0.2, 0.25) is 5.95 Å². The molecule has 9 nitrogen and oxygen atoms in total. The van der Waals surface area contributed by atoms with E-state index in [0.29, 0.717) is 74.3 Å². The third-order valence-corrected chi connectivity index (χ3v) is 6.15. The lowest BCUT2D eigenvalue weighted by atomic mass is 10.1. The van der Waals surface area contributed by atoms with E-state index in [1.54, 1.807) is 30.3 Å². The summed E-state index contributed by atoms with van der Waals surface area (Å²) in [7, 11) is -3.67. The summed E-state index contributed by atoms with van der Waals surface area (Å²) in [6.07, 6.45) is 0.715. The van der Waals surface area contributed by atoms with E-state index in [2.05, 4.69) is 23.8 Å². The Morgan fingerprint density at radius 3 is 2.30 bits per heavy atom. The van der Waals surface area contributed by atoms with Gasteiger partial charge in [-0.05, 0) is 42.3 Å². The summed E-state index contributed by atoms with van der Waals surface area (Å²) < 4.78 is 56.2. The number of pyridine rings is 1. The van der Waals surface area contributed by atoms with E-state index >= 15 is 0 Å². The molecular formula is C26H24Cl2F2N6O3S. The number of imidazole rings is 2. The summed E-state index contributed by atoms with van der Waals surface area (Å²) in [6.45, 7) is 4.76. The van der Waals surface area contributed by atoms with Crippen LogP contribution in [-0.2, 0) is 16.7 Å². The molecule has 40 heavy (non-hydrogen) atoms. The Labute approximate surface area is 238 Å². The fourth-order valence-corrected chi connectivity index (χ4v) is 4.56. The van der Waals surface area contributed by atoms with Crippen LogP contribution in [0.15, 0.2) is 48.5 Å². The van der Waals surface area contributed by atoms with Gasteiger partial charge in [0.05, 0.1) is 33.3 Å². The molecular weight excluding hydrogens is 585 g/mol. The van der Waals surface area contributed by atoms with Crippen molar-refractivity contribution in [1.29, 1.82) is 0 Å². The summed E-state index contributed by atoms with van der Waals surface area (Å²) in [5, 5.41) is 0.741. The van der Waals surface area contributed by atoms with Crippen LogP contribution >= 0.6 is 23.2 Å². The molecule has 5 aromatic rings. The van der Waals surface area contributed by atoms with Gasteiger partial charge >= 0.3 is 0 Å². The maximum atomic E-state index is 14.9. The van der Waals surface area contributed by atoms with Crippen molar-refractivity contribution in [3.8, 4) is 34.0 Å². The number of nitrogens with one attached hydrogen (secondary N) is 1. The zero-order valence-corrected chi connectivity index (χ0v) is 23.8. The van der Waals surface area contributed by atoms with Gasteiger partial charge in [-0.1, -0.05) is 43.1 Å². The molecule has 0 saturated carbocycles. The Kier molecular flexibility index (Phi) is 8.45. The Morgan fingerprint density at radius 2 is 1.70 bits per heavy atom. The molecule has 0 atom stereocenters. The number of aromatic amines is 1. The number of anilines is 1. The van der Waals surface area contributed by atoms with Crippen LogP contribution in [0.25, 0.3) is 45.2 Å². The predicted octanol–water partition coefficient (Wildman–Crippen LogP) is 6.48. The van der Waals surface area contributed by atoms with E-state index in [1.165, 1.54) is 12.1 Å². The third-order valence-electron chi connectivity index (χ3n) is 5.52. The van der Waals surface area contributed by atoms with Crippen LogP contribution in [0.4, 0.5) is 14.7 Å². The van der Waals surface area contributed by atoms with Gasteiger partial charge < -0.3 is 10.7 Å². The van der Waals surface area contributed by atoms with Crippen LogP contribution in [0.3, 0.4) is 0 Å². The molecule has 5 rings (SSSR count). The molecule has 3 aromatic heterocycles. The van der Waals surface area contributed by atoms with Crippen molar-refractivity contribution >= 4 is 50.4 Å². The minimum atomic E-state index is -3.67. The van der Waals surface area contributed by atoms with Crippen LogP contribution < -0.4 is 5.73 Å². The smallest absolute Gasteiger partial charge is 0.261 e. The zero-order valence-electron chi connectivity index (χ0n) is 21.5. The number of halogens is 4. The van der Waals surface area contributed by atoms with E-state index in [-0.39, 0.29) is 5.56 Å². The van der Waals surface area contributed by atoms with Crippen LogP contribution in [0, 0.1) is 17.6 Å². The van der Waals surface area contributed by atoms with Crippen LogP contribution in [0.5, 0.6) is 0 Å². The van der Waals surface area contributed by atoms with Gasteiger partial charge in [-0.2, -0.15) is 8.42 Å². The minimum Gasteiger partial charge on any atom is -0.369 e. The van der Waals surface area contributed by atoms with Gasteiger partial charge in [-0.25, -0.2) is 23.7 Å². The van der Waals surface area contributed by atoms with Gasteiger partial charge in [-0.3, -0.25) is 9.12 Å². The molecule has 0 unspecified atom stereocenters. The van der Waals surface area contributed by atoms with Gasteiger partial charge in [0.25, 0.3) is 10.1 Å². The number of benzene rings is 2. The largest absolute Gasteiger partial charge is 0.369 e. The number of nitrogen functional groups attached to an aromatic ring is 1. The predicted molar refractivity (Wildman–Crippen MR) is 153 cm³/mol. The number of H-pyrrole nitrogens is 1. The van der Waals surface area contributed by atoms with Crippen LogP contribution in [-0.4, -0.2) is 43.7 Å². The first-order valence-corrected chi connectivity index (χ1v) is 14.4. The quantitative estimate of drug-likeness (QED) is 0.194. The summed E-state index contributed by atoms with van der Waals surface area (Å²) >= 11 is 12.8. The number of hydrogen-bond acceptors (Lipinski definition) is 6. The van der Waals surface area contributed by atoms with E-state index < -0.39 is 21.8 Å². The second kappa shape index (κ2) is 11.5. The number of nitrogens with two attached hydrogens (primary N) is 1. The number of fused-ring (bicyclic) bond motifs is 1. The zero-order chi connectivity index (χ0) is 29.4. The Bertz CT molecular complexity index is 1790. The molecule has 0 aliphatic heterocycles. The molecule has 0 spiro atoms. The molecule has 0 saturated heterocycles. The van der Waals surface area contributed by atoms with E-state index in [4.69, 9.17) is 43.5 Å². The summed E-state index contributed by atoms with van der Waals surface area (Å²) in [4.78, 5) is 17.0. The lowest BCUT2D eigenvalue weighted by Gasteiger charge is -2.09.